The normalized spacial score (nSPS) is 7.84. The van der Waals surface area contributed by atoms with Gasteiger partial charge in [-0.15, -0.1) is 12.4 Å². The van der Waals surface area contributed by atoms with E-state index >= 15 is 0 Å². The Kier molecular flexibility index (Phi) is 32.5. The second-order valence-electron chi connectivity index (χ2n) is 2.30. The fourth-order valence-electron chi connectivity index (χ4n) is 0.440. The van der Waals surface area contributed by atoms with Crippen LogP contribution in [0.25, 0.3) is 0 Å². The van der Waals surface area contributed by atoms with Crippen molar-refractivity contribution in [3.63, 3.8) is 0 Å². The van der Waals surface area contributed by atoms with Crippen LogP contribution in [-0.4, -0.2) is 117 Å². The average Bonchev–Trinajstić information content (AvgIpc) is 2.00. The Hall–Kier alpha value is 2.53. The van der Waals surface area contributed by atoms with E-state index in [1.165, 1.54) is 7.05 Å². The van der Waals surface area contributed by atoms with Gasteiger partial charge in [0, 0.05) is 7.05 Å². The summed E-state index contributed by atoms with van der Waals surface area (Å²) < 4.78 is 13.8. The third-order valence-corrected chi connectivity index (χ3v) is 1.44. The van der Waals surface area contributed by atoms with Crippen molar-refractivity contribution in [2.75, 3.05) is 13.6 Å². The fourth-order valence-corrected chi connectivity index (χ4v) is 0.763. The Balaban J connectivity index is -0.0000000992. The van der Waals surface area contributed by atoms with Crippen LogP contribution in [0, 0.1) is 5.41 Å². The molecule has 19 heavy (non-hydrogen) atoms. The van der Waals surface area contributed by atoms with E-state index < -0.39 is 44.5 Å². The van der Waals surface area contributed by atoms with Gasteiger partial charge in [-0.3, -0.25) is 15.2 Å². The number of carbonyl (C=O) groups excluding carboxylic acids is 1. The van der Waals surface area contributed by atoms with Crippen LogP contribution in [0.1, 0.15) is 0 Å². The van der Waals surface area contributed by atoms with Gasteiger partial charge in [-0.2, -0.15) is 0 Å². The predicted molar refractivity (Wildman–Crippen MR) is 81.7 cm³/mol. The molecule has 15 heteroatoms. The van der Waals surface area contributed by atoms with E-state index in [0.717, 1.165) is 4.90 Å². The van der Waals surface area contributed by atoms with Crippen molar-refractivity contribution < 1.29 is 23.7 Å². The molecule has 0 spiro atoms. The molecule has 0 amide bonds. The van der Waals surface area contributed by atoms with E-state index in [4.69, 9.17) is 39.1 Å². The van der Waals surface area contributed by atoms with Crippen molar-refractivity contribution in [1.82, 2.24) is 4.90 Å². The summed E-state index contributed by atoms with van der Waals surface area (Å²) in [5.74, 6) is -1.55. The molecule has 0 aromatic carbocycles. The summed E-state index contributed by atoms with van der Waals surface area (Å²) in [4.78, 5) is 28.0. The number of hydrogen-bond acceptors (Lipinski definition) is 4. The molecule has 0 fully saturated rings. The number of nitrogens with zero attached hydrogens (tertiary/aromatic N) is 1. The van der Waals surface area contributed by atoms with Gasteiger partial charge in [0.1, 0.15) is 6.54 Å². The molecule has 104 valence electrons. The van der Waals surface area contributed by atoms with E-state index in [1.54, 1.807) is 0 Å². The standard InChI is InChI=1S/C4H10N3O5P.3ClH.Mg.2Na.2H/c1-7(4(5)6)2-3(8)12-13(9,10)11;;;;;;;;/h2H2,1H3,(H3,5,6)(H2,9,10,11);3*1H;;;;;/q;;;;+2;;;;/p-2. The number of nitrogens with two attached hydrogens (primary N) is 1. The molecule has 0 aromatic rings. The number of halogens is 3. The first-order valence-corrected chi connectivity index (χ1v) is 9.39. The van der Waals surface area contributed by atoms with Crippen LogP contribution >= 0.6 is 38.4 Å². The van der Waals surface area contributed by atoms with Gasteiger partial charge in [0.25, 0.3) is 0 Å². The zero-order valence-corrected chi connectivity index (χ0v) is 13.3. The molecule has 0 atom stereocenters. The molecule has 0 saturated carbocycles. The minimum absolute atomic E-state index is 0. The Labute approximate surface area is 178 Å². The molecule has 0 unspecified atom stereocenters. The third kappa shape index (κ3) is 29.2. The number of rotatable bonds is 3. The molecule has 0 rings (SSSR count). The molecule has 8 nitrogen and oxygen atoms in total. The van der Waals surface area contributed by atoms with Gasteiger partial charge in [0.05, 0.1) is 0 Å². The first kappa shape index (κ1) is 33.2. The van der Waals surface area contributed by atoms with E-state index in [0.29, 0.717) is 0 Å². The van der Waals surface area contributed by atoms with Gasteiger partial charge >= 0.3 is 91.1 Å². The Morgan fingerprint density at radius 3 is 2.00 bits per heavy atom. The van der Waals surface area contributed by atoms with Crippen molar-refractivity contribution in [3.05, 3.63) is 0 Å². The quantitative estimate of drug-likeness (QED) is 0.201. The van der Waals surface area contributed by atoms with Crippen molar-refractivity contribution in [2.45, 2.75) is 0 Å². The van der Waals surface area contributed by atoms with Gasteiger partial charge in [-0.1, -0.05) is 0 Å². The summed E-state index contributed by atoms with van der Waals surface area (Å²) in [5, 5.41) is 6.83. The molecular weight excluding hydrogens is 378 g/mol. The summed E-state index contributed by atoms with van der Waals surface area (Å²) in [6.45, 7) is -0.486. The molecule has 0 saturated heterocycles. The van der Waals surface area contributed by atoms with E-state index in [1.807, 2.05) is 0 Å². The number of guanidine groups is 1. The first-order chi connectivity index (χ1) is 7.14. The Morgan fingerprint density at radius 1 is 1.47 bits per heavy atom. The topological polar surface area (TPSA) is 137 Å². The van der Waals surface area contributed by atoms with Crippen molar-refractivity contribution in [1.29, 1.82) is 5.41 Å². The monoisotopic (exact) mass is 389 g/mol. The average molecular weight is 391 g/mol. The fraction of sp³-hybridized carbons (Fsp3) is 0.500. The van der Waals surface area contributed by atoms with Crippen LogP contribution in [0.2, 0.25) is 0 Å². The minimum atomic E-state index is -4.80. The number of hydrogen-bond donors (Lipinski definition) is 4. The van der Waals surface area contributed by atoms with Gasteiger partial charge in [0.15, 0.2) is 5.96 Å². The molecule has 5 N–H and O–H groups in total. The van der Waals surface area contributed by atoms with Crippen molar-refractivity contribution >= 4 is 128 Å². The predicted octanol–water partition coefficient (Wildman–Crippen LogP) is -1.43. The molecule has 0 heterocycles. The van der Waals surface area contributed by atoms with E-state index in [2.05, 4.69) is 4.52 Å². The van der Waals surface area contributed by atoms with Crippen LogP contribution in [0.4, 0.5) is 0 Å². The van der Waals surface area contributed by atoms with Gasteiger partial charge in [-0.25, -0.2) is 9.36 Å². The summed E-state index contributed by atoms with van der Waals surface area (Å²) in [6.07, 6.45) is 0. The first-order valence-electron chi connectivity index (χ1n) is 3.59. The molecule has 0 radical (unpaired) electrons. The van der Waals surface area contributed by atoms with Gasteiger partial charge in [-0.05, 0) is 0 Å². The van der Waals surface area contributed by atoms with Crippen LogP contribution in [0.15, 0.2) is 0 Å². The summed E-state index contributed by atoms with van der Waals surface area (Å²) in [7, 11) is 6.32. The van der Waals surface area contributed by atoms with Gasteiger partial charge in [0.2, 0.25) is 0 Å². The maximum absolute atomic E-state index is 10.7. The summed E-state index contributed by atoms with van der Waals surface area (Å²) >= 11 is -0.639. The molecule has 0 aliphatic heterocycles. The number of nitrogens with one attached hydrogen (secondary N) is 1. The molecule has 0 aliphatic rings. The second kappa shape index (κ2) is 18.6. The van der Waals surface area contributed by atoms with Crippen molar-refractivity contribution in [3.8, 4) is 0 Å². The van der Waals surface area contributed by atoms with E-state index in [-0.39, 0.29) is 71.5 Å². The van der Waals surface area contributed by atoms with Gasteiger partial charge < -0.3 is 33.3 Å². The molecular formula is C4H13Cl3MgN3Na2O5P. The maximum atomic E-state index is 10.7. The number of phosphoric acid groups is 1. The second-order valence-corrected chi connectivity index (χ2v) is 6.09. The van der Waals surface area contributed by atoms with Crippen LogP contribution < -0.4 is 5.73 Å². The summed E-state index contributed by atoms with van der Waals surface area (Å²) in [5.41, 5.74) is 4.96. The third-order valence-electron chi connectivity index (χ3n) is 0.998. The number of likely N-dealkylation sites (N-methyl/N-ethyl adjacent to an activating group) is 1. The number of phosphoric ester groups is 1. The van der Waals surface area contributed by atoms with E-state index in [9.17, 15) is 9.36 Å². The Bertz CT molecular complexity index is 299. The zero-order chi connectivity index (χ0) is 13.4. The number of carbonyl (C=O) groups is 1. The molecule has 0 aliphatic carbocycles. The Morgan fingerprint density at radius 2 is 1.79 bits per heavy atom. The molecule has 0 aromatic heterocycles. The van der Waals surface area contributed by atoms with Crippen LogP contribution in [0.3, 0.4) is 0 Å². The van der Waals surface area contributed by atoms with Crippen molar-refractivity contribution in [2.24, 2.45) is 5.73 Å². The molecule has 0 bridgehead atoms. The SMILES string of the molecule is CN(CC(=O)OP(=O)(O)O)C(=N)N.Cl.[Cl][Mg][Cl].[NaH].[NaH]. The van der Waals surface area contributed by atoms with Crippen LogP contribution in [0.5, 0.6) is 0 Å². The van der Waals surface area contributed by atoms with Crippen LogP contribution in [-0.2, 0) is 13.9 Å². The summed E-state index contributed by atoms with van der Waals surface area (Å²) in [6, 6.07) is 0. The zero-order valence-electron chi connectivity index (χ0n) is 8.67.